The van der Waals surface area contributed by atoms with Crippen molar-refractivity contribution in [3.63, 3.8) is 0 Å². The highest BCUT2D eigenvalue weighted by Gasteiger charge is 2.22. The third-order valence-corrected chi connectivity index (χ3v) is 2.41. The quantitative estimate of drug-likeness (QED) is 0.704. The van der Waals surface area contributed by atoms with E-state index in [1.165, 1.54) is 25.1 Å². The van der Waals surface area contributed by atoms with E-state index in [4.69, 9.17) is 10.8 Å². The number of hydrogen-bond acceptors (Lipinski definition) is 3. The second-order valence-electron chi connectivity index (χ2n) is 3.98. The van der Waals surface area contributed by atoms with E-state index in [2.05, 4.69) is 5.32 Å². The molecule has 0 fully saturated rings. The number of carboxylic acid groups (broad SMARTS) is 1. The zero-order chi connectivity index (χ0) is 13.7. The van der Waals surface area contributed by atoms with Crippen molar-refractivity contribution in [1.82, 2.24) is 5.32 Å². The predicted octanol–water partition coefficient (Wildman–Crippen LogP) is 0.285. The molecule has 0 unspecified atom stereocenters. The van der Waals surface area contributed by atoms with Crippen molar-refractivity contribution in [2.45, 2.75) is 25.4 Å². The number of hydrogen-bond donors (Lipinski definition) is 3. The van der Waals surface area contributed by atoms with Crippen LogP contribution in [0.25, 0.3) is 0 Å². The Kier molecular flexibility index (Phi) is 4.79. The van der Waals surface area contributed by atoms with Crippen molar-refractivity contribution in [2.24, 2.45) is 5.73 Å². The molecule has 0 heterocycles. The fourth-order valence-electron chi connectivity index (χ4n) is 1.39. The number of carboxylic acids is 1. The van der Waals surface area contributed by atoms with Crippen LogP contribution < -0.4 is 11.1 Å². The van der Waals surface area contributed by atoms with Crippen molar-refractivity contribution < 1.29 is 19.1 Å². The van der Waals surface area contributed by atoms with Gasteiger partial charge in [-0.3, -0.25) is 4.79 Å². The Balaban J connectivity index is 2.79. The first-order valence-electron chi connectivity index (χ1n) is 5.44. The Labute approximate surface area is 104 Å². The summed E-state index contributed by atoms with van der Waals surface area (Å²) in [5.41, 5.74) is 5.56. The monoisotopic (exact) mass is 254 g/mol. The first kappa shape index (κ1) is 14.1. The van der Waals surface area contributed by atoms with E-state index in [1.807, 2.05) is 0 Å². The van der Waals surface area contributed by atoms with Crippen LogP contribution in [-0.2, 0) is 16.0 Å². The molecule has 0 aliphatic rings. The molecule has 0 radical (unpaired) electrons. The van der Waals surface area contributed by atoms with E-state index < -0.39 is 29.8 Å². The van der Waals surface area contributed by atoms with Crippen LogP contribution in [-0.4, -0.2) is 29.1 Å². The van der Waals surface area contributed by atoms with Gasteiger partial charge in [0.15, 0.2) is 0 Å². The molecule has 0 spiro atoms. The Morgan fingerprint density at radius 1 is 1.44 bits per heavy atom. The number of nitrogens with two attached hydrogens (primary N) is 1. The van der Waals surface area contributed by atoms with Gasteiger partial charge < -0.3 is 16.2 Å². The first-order valence-corrected chi connectivity index (χ1v) is 5.44. The van der Waals surface area contributed by atoms with Crippen molar-refractivity contribution in [3.8, 4) is 0 Å². The van der Waals surface area contributed by atoms with E-state index in [9.17, 15) is 14.0 Å². The molecule has 0 aliphatic carbocycles. The maximum atomic E-state index is 13.4. The summed E-state index contributed by atoms with van der Waals surface area (Å²) in [5.74, 6) is -2.32. The summed E-state index contributed by atoms with van der Waals surface area (Å²) in [5, 5.41) is 11.2. The van der Waals surface area contributed by atoms with Crippen LogP contribution in [0.5, 0.6) is 0 Å². The van der Waals surface area contributed by atoms with Gasteiger partial charge in [-0.05, 0) is 18.6 Å². The average Bonchev–Trinajstić information content (AvgIpc) is 2.30. The normalized spacial score (nSPS) is 13.7. The molecule has 98 valence electrons. The number of amides is 1. The van der Waals surface area contributed by atoms with Crippen molar-refractivity contribution in [1.29, 1.82) is 0 Å². The highest BCUT2D eigenvalue weighted by Crippen LogP contribution is 2.09. The van der Waals surface area contributed by atoms with Gasteiger partial charge in [0.2, 0.25) is 5.91 Å². The van der Waals surface area contributed by atoms with Gasteiger partial charge in [0.05, 0.1) is 6.04 Å². The summed E-state index contributed by atoms with van der Waals surface area (Å²) in [7, 11) is 0. The molecule has 0 aromatic heterocycles. The van der Waals surface area contributed by atoms with Crippen LogP contribution in [0.3, 0.4) is 0 Å². The van der Waals surface area contributed by atoms with Crippen LogP contribution >= 0.6 is 0 Å². The third kappa shape index (κ3) is 3.81. The fourth-order valence-corrected chi connectivity index (χ4v) is 1.39. The largest absolute Gasteiger partial charge is 0.480 e. The maximum absolute atomic E-state index is 13.4. The molecular formula is C12H15FN2O3. The predicted molar refractivity (Wildman–Crippen MR) is 63.3 cm³/mol. The number of halogens is 1. The number of nitrogens with one attached hydrogen (secondary N) is 1. The standard InChI is InChI=1S/C12H15FN2O3/c1-7(14)11(16)15-10(12(17)18)6-8-4-2-3-5-9(8)13/h2-5,7,10H,6,14H2,1H3,(H,15,16)(H,17,18)/t7-,10+/m0/s1. The minimum Gasteiger partial charge on any atom is -0.480 e. The van der Waals surface area contributed by atoms with Crippen LogP contribution in [0.2, 0.25) is 0 Å². The maximum Gasteiger partial charge on any atom is 0.326 e. The van der Waals surface area contributed by atoms with Gasteiger partial charge in [-0.2, -0.15) is 0 Å². The summed E-state index contributed by atoms with van der Waals surface area (Å²) in [6.45, 7) is 1.44. The molecule has 2 atom stereocenters. The summed E-state index contributed by atoms with van der Waals surface area (Å²) < 4.78 is 13.4. The molecule has 1 rings (SSSR count). The Hall–Kier alpha value is -1.95. The van der Waals surface area contributed by atoms with E-state index in [0.717, 1.165) is 0 Å². The number of aliphatic carboxylic acids is 1. The van der Waals surface area contributed by atoms with Crippen LogP contribution in [0.4, 0.5) is 4.39 Å². The summed E-state index contributed by atoms with van der Waals surface area (Å²) in [6, 6.07) is 3.82. The number of rotatable bonds is 5. The lowest BCUT2D eigenvalue weighted by Crippen LogP contribution is -2.48. The van der Waals surface area contributed by atoms with Gasteiger partial charge in [-0.1, -0.05) is 18.2 Å². The molecule has 0 saturated heterocycles. The number of benzene rings is 1. The Morgan fingerprint density at radius 2 is 2.06 bits per heavy atom. The summed E-state index contributed by atoms with van der Waals surface area (Å²) in [4.78, 5) is 22.3. The molecule has 4 N–H and O–H groups in total. The number of carbonyl (C=O) groups excluding carboxylic acids is 1. The molecule has 1 amide bonds. The lowest BCUT2D eigenvalue weighted by atomic mass is 10.1. The molecule has 0 saturated carbocycles. The van der Waals surface area contributed by atoms with Crippen LogP contribution in [0.1, 0.15) is 12.5 Å². The molecule has 5 nitrogen and oxygen atoms in total. The van der Waals surface area contributed by atoms with Gasteiger partial charge in [-0.25, -0.2) is 9.18 Å². The molecule has 18 heavy (non-hydrogen) atoms. The fraction of sp³-hybridized carbons (Fsp3) is 0.333. The highest BCUT2D eigenvalue weighted by atomic mass is 19.1. The molecule has 1 aromatic carbocycles. The Morgan fingerprint density at radius 3 is 2.56 bits per heavy atom. The zero-order valence-electron chi connectivity index (χ0n) is 9.89. The lowest BCUT2D eigenvalue weighted by molar-refractivity contribution is -0.141. The highest BCUT2D eigenvalue weighted by molar-refractivity contribution is 5.86. The van der Waals surface area contributed by atoms with E-state index in [0.29, 0.717) is 0 Å². The molecule has 6 heteroatoms. The minimum atomic E-state index is -1.23. The molecule has 0 aliphatic heterocycles. The van der Waals surface area contributed by atoms with Gasteiger partial charge in [0.1, 0.15) is 11.9 Å². The van der Waals surface area contributed by atoms with Crippen LogP contribution in [0, 0.1) is 5.82 Å². The topological polar surface area (TPSA) is 92.4 Å². The van der Waals surface area contributed by atoms with Gasteiger partial charge in [0, 0.05) is 6.42 Å². The van der Waals surface area contributed by atoms with Crippen molar-refractivity contribution in [2.75, 3.05) is 0 Å². The first-order chi connectivity index (χ1) is 8.41. The molecule has 1 aromatic rings. The third-order valence-electron chi connectivity index (χ3n) is 2.41. The van der Waals surface area contributed by atoms with E-state index in [1.54, 1.807) is 6.07 Å². The van der Waals surface area contributed by atoms with Crippen molar-refractivity contribution in [3.05, 3.63) is 35.6 Å². The van der Waals surface area contributed by atoms with Gasteiger partial charge in [0.25, 0.3) is 0 Å². The smallest absolute Gasteiger partial charge is 0.326 e. The average molecular weight is 254 g/mol. The van der Waals surface area contributed by atoms with Gasteiger partial charge in [-0.15, -0.1) is 0 Å². The van der Waals surface area contributed by atoms with Crippen LogP contribution in [0.15, 0.2) is 24.3 Å². The molecular weight excluding hydrogens is 239 g/mol. The second-order valence-corrected chi connectivity index (χ2v) is 3.98. The number of carbonyl (C=O) groups is 2. The summed E-state index contributed by atoms with van der Waals surface area (Å²) in [6.07, 6.45) is -0.125. The molecule has 0 bridgehead atoms. The SMILES string of the molecule is C[C@H](N)C(=O)N[C@H](Cc1ccccc1F)C(=O)O. The van der Waals surface area contributed by atoms with E-state index in [-0.39, 0.29) is 12.0 Å². The second kappa shape index (κ2) is 6.11. The minimum absolute atomic E-state index is 0.125. The zero-order valence-corrected chi connectivity index (χ0v) is 9.89. The summed E-state index contributed by atoms with van der Waals surface area (Å²) >= 11 is 0. The van der Waals surface area contributed by atoms with Crippen molar-refractivity contribution >= 4 is 11.9 Å². The lowest BCUT2D eigenvalue weighted by Gasteiger charge is -2.16. The van der Waals surface area contributed by atoms with Gasteiger partial charge >= 0.3 is 5.97 Å². The van der Waals surface area contributed by atoms with E-state index >= 15 is 0 Å². The Bertz CT molecular complexity index is 449.